The first-order valence-corrected chi connectivity index (χ1v) is 4.13. The van der Waals surface area contributed by atoms with Crippen molar-refractivity contribution in [3.8, 4) is 12.3 Å². The smallest absolute Gasteiger partial charge is 0.0590 e. The molecule has 0 bridgehead atoms. The molecule has 0 saturated heterocycles. The molecule has 0 spiro atoms. The number of ether oxygens (including phenoxy) is 1. The van der Waals surface area contributed by atoms with Crippen LogP contribution in [0.5, 0.6) is 0 Å². The minimum atomic E-state index is 0.787. The zero-order valence-electron chi connectivity index (χ0n) is 7.23. The maximum atomic E-state index is 5.28. The topological polar surface area (TPSA) is 21.3 Å². The number of terminal acetylenes is 1. The number of nitrogens with one attached hydrogen (secondary N) is 1. The Bertz CT molecular complexity index is 107. The van der Waals surface area contributed by atoms with Crippen molar-refractivity contribution in [2.45, 2.75) is 19.8 Å². The van der Waals surface area contributed by atoms with E-state index in [9.17, 15) is 0 Å². The van der Waals surface area contributed by atoms with Crippen molar-refractivity contribution in [2.75, 3.05) is 26.3 Å². The molecule has 11 heavy (non-hydrogen) atoms. The summed E-state index contributed by atoms with van der Waals surface area (Å²) < 4.78 is 5.28. The van der Waals surface area contributed by atoms with Gasteiger partial charge in [-0.2, -0.15) is 0 Å². The lowest BCUT2D eigenvalue weighted by molar-refractivity contribution is 0.135. The van der Waals surface area contributed by atoms with Gasteiger partial charge in [-0.25, -0.2) is 0 Å². The molecular weight excluding hydrogens is 138 g/mol. The summed E-state index contributed by atoms with van der Waals surface area (Å²) in [5.41, 5.74) is 0. The minimum absolute atomic E-state index is 0.787. The Morgan fingerprint density at radius 2 is 2.27 bits per heavy atom. The molecule has 2 heteroatoms. The fourth-order valence-corrected chi connectivity index (χ4v) is 0.699. The lowest BCUT2D eigenvalue weighted by atomic mass is 10.3. The van der Waals surface area contributed by atoms with Crippen LogP contribution in [-0.2, 0) is 4.74 Å². The second-order valence-electron chi connectivity index (χ2n) is 2.27. The van der Waals surface area contributed by atoms with Gasteiger partial charge in [0.2, 0.25) is 0 Å². The number of unbranched alkanes of at least 4 members (excludes halogenated alkanes) is 1. The molecule has 0 aliphatic rings. The van der Waals surface area contributed by atoms with E-state index < -0.39 is 0 Å². The van der Waals surface area contributed by atoms with E-state index in [2.05, 4.69) is 18.2 Å². The van der Waals surface area contributed by atoms with Crippen molar-refractivity contribution in [1.82, 2.24) is 5.32 Å². The molecule has 0 atom stereocenters. The Balaban J connectivity index is 2.75. The number of rotatable bonds is 7. The van der Waals surface area contributed by atoms with Crippen molar-refractivity contribution < 1.29 is 4.74 Å². The summed E-state index contributed by atoms with van der Waals surface area (Å²) in [5.74, 6) is 2.57. The number of likely N-dealkylation sites (N-methyl/N-ethyl adjacent to an activating group) is 1. The van der Waals surface area contributed by atoms with Gasteiger partial charge in [-0.15, -0.1) is 12.3 Å². The van der Waals surface area contributed by atoms with Crippen molar-refractivity contribution in [3.63, 3.8) is 0 Å². The molecule has 0 amide bonds. The SMILES string of the molecule is C#CCCCOCCNCC. The van der Waals surface area contributed by atoms with Gasteiger partial charge < -0.3 is 10.1 Å². The zero-order valence-corrected chi connectivity index (χ0v) is 7.23. The molecule has 0 aromatic carbocycles. The fraction of sp³-hybridized carbons (Fsp3) is 0.778. The second kappa shape index (κ2) is 9.48. The van der Waals surface area contributed by atoms with Crippen molar-refractivity contribution >= 4 is 0 Å². The summed E-state index contributed by atoms with van der Waals surface area (Å²) in [6.45, 7) is 5.60. The zero-order chi connectivity index (χ0) is 8.36. The lowest BCUT2D eigenvalue weighted by Crippen LogP contribution is -2.19. The average molecular weight is 155 g/mol. The normalized spacial score (nSPS) is 9.45. The quantitative estimate of drug-likeness (QED) is 0.438. The highest BCUT2D eigenvalue weighted by molar-refractivity contribution is 4.82. The highest BCUT2D eigenvalue weighted by Crippen LogP contribution is 1.86. The second-order valence-corrected chi connectivity index (χ2v) is 2.27. The molecule has 0 unspecified atom stereocenters. The molecule has 0 aromatic rings. The molecule has 0 saturated carbocycles. The molecule has 0 aliphatic heterocycles. The van der Waals surface area contributed by atoms with Crippen LogP contribution >= 0.6 is 0 Å². The van der Waals surface area contributed by atoms with Crippen molar-refractivity contribution in [2.24, 2.45) is 0 Å². The Morgan fingerprint density at radius 3 is 2.91 bits per heavy atom. The average Bonchev–Trinajstić information content (AvgIpc) is 2.03. The first kappa shape index (κ1) is 10.5. The maximum absolute atomic E-state index is 5.28. The standard InChI is InChI=1S/C9H17NO/c1-3-5-6-8-11-9-7-10-4-2/h1,10H,4-9H2,2H3. The van der Waals surface area contributed by atoms with Crippen LogP contribution in [0, 0.1) is 12.3 Å². The summed E-state index contributed by atoms with van der Waals surface area (Å²) in [4.78, 5) is 0. The summed E-state index contributed by atoms with van der Waals surface area (Å²) in [5, 5.41) is 3.17. The van der Waals surface area contributed by atoms with Gasteiger partial charge in [0.25, 0.3) is 0 Å². The molecule has 0 aliphatic carbocycles. The van der Waals surface area contributed by atoms with Crippen LogP contribution in [-0.4, -0.2) is 26.3 Å². The largest absolute Gasteiger partial charge is 0.380 e. The van der Waals surface area contributed by atoms with Gasteiger partial charge >= 0.3 is 0 Å². The van der Waals surface area contributed by atoms with Gasteiger partial charge in [0.1, 0.15) is 0 Å². The molecule has 64 valence electrons. The third-order valence-corrected chi connectivity index (χ3v) is 1.28. The Hall–Kier alpha value is -0.520. The maximum Gasteiger partial charge on any atom is 0.0590 e. The molecule has 0 rings (SSSR count). The third-order valence-electron chi connectivity index (χ3n) is 1.28. The van der Waals surface area contributed by atoms with Crippen LogP contribution in [0.25, 0.3) is 0 Å². The molecule has 0 aromatic heterocycles. The predicted molar refractivity (Wildman–Crippen MR) is 47.4 cm³/mol. The van der Waals surface area contributed by atoms with Crippen LogP contribution in [0.1, 0.15) is 19.8 Å². The Labute approximate surface area is 69.3 Å². The third kappa shape index (κ3) is 9.48. The monoisotopic (exact) mass is 155 g/mol. The van der Waals surface area contributed by atoms with E-state index in [1.54, 1.807) is 0 Å². The van der Waals surface area contributed by atoms with Gasteiger partial charge in [0.05, 0.1) is 6.61 Å². The van der Waals surface area contributed by atoms with Crippen LogP contribution in [0.2, 0.25) is 0 Å². The summed E-state index contributed by atoms with van der Waals surface area (Å²) in [6.07, 6.45) is 6.87. The number of hydrogen-bond donors (Lipinski definition) is 1. The van der Waals surface area contributed by atoms with Crippen molar-refractivity contribution in [1.29, 1.82) is 0 Å². The molecule has 0 fully saturated rings. The summed E-state index contributed by atoms with van der Waals surface area (Å²) in [6, 6.07) is 0. The number of hydrogen-bond acceptors (Lipinski definition) is 2. The first-order chi connectivity index (χ1) is 5.41. The van der Waals surface area contributed by atoms with E-state index in [1.165, 1.54) is 0 Å². The fourth-order valence-electron chi connectivity index (χ4n) is 0.699. The van der Waals surface area contributed by atoms with Gasteiger partial charge in [-0.1, -0.05) is 6.92 Å². The summed E-state index contributed by atoms with van der Waals surface area (Å²) in [7, 11) is 0. The first-order valence-electron chi connectivity index (χ1n) is 4.13. The predicted octanol–water partition coefficient (Wildman–Crippen LogP) is 1.03. The Morgan fingerprint density at radius 1 is 1.45 bits per heavy atom. The Kier molecular flexibility index (Phi) is 9.03. The van der Waals surface area contributed by atoms with Gasteiger partial charge in [0.15, 0.2) is 0 Å². The van der Waals surface area contributed by atoms with E-state index in [1.807, 2.05) is 0 Å². The van der Waals surface area contributed by atoms with Gasteiger partial charge in [0, 0.05) is 19.6 Å². The molecule has 1 N–H and O–H groups in total. The minimum Gasteiger partial charge on any atom is -0.380 e. The molecule has 0 heterocycles. The van der Waals surface area contributed by atoms with E-state index in [-0.39, 0.29) is 0 Å². The molecule has 2 nitrogen and oxygen atoms in total. The van der Waals surface area contributed by atoms with Gasteiger partial charge in [-0.05, 0) is 13.0 Å². The van der Waals surface area contributed by atoms with Crippen LogP contribution < -0.4 is 5.32 Å². The highest BCUT2D eigenvalue weighted by atomic mass is 16.5. The van der Waals surface area contributed by atoms with E-state index in [4.69, 9.17) is 11.2 Å². The van der Waals surface area contributed by atoms with Gasteiger partial charge in [-0.3, -0.25) is 0 Å². The lowest BCUT2D eigenvalue weighted by Gasteiger charge is -2.02. The van der Waals surface area contributed by atoms with Crippen molar-refractivity contribution in [3.05, 3.63) is 0 Å². The van der Waals surface area contributed by atoms with E-state index in [0.29, 0.717) is 0 Å². The van der Waals surface area contributed by atoms with E-state index in [0.717, 1.165) is 39.1 Å². The summed E-state index contributed by atoms with van der Waals surface area (Å²) >= 11 is 0. The molecular formula is C9H17NO. The van der Waals surface area contributed by atoms with Crippen LogP contribution in [0.4, 0.5) is 0 Å². The molecule has 0 radical (unpaired) electrons. The van der Waals surface area contributed by atoms with Crippen LogP contribution in [0.3, 0.4) is 0 Å². The van der Waals surface area contributed by atoms with E-state index >= 15 is 0 Å². The van der Waals surface area contributed by atoms with Crippen LogP contribution in [0.15, 0.2) is 0 Å². The highest BCUT2D eigenvalue weighted by Gasteiger charge is 1.86.